The molecule has 0 atom stereocenters. The number of tetrazole rings is 1. The van der Waals surface area contributed by atoms with Gasteiger partial charge in [-0.3, -0.25) is 0 Å². The fourth-order valence-corrected chi connectivity index (χ4v) is 3.56. The third kappa shape index (κ3) is 4.25. The molecule has 3 aromatic rings. The van der Waals surface area contributed by atoms with E-state index < -0.39 is 5.92 Å². The molecule has 1 aromatic carbocycles. The molecule has 11 heteroatoms. The smallest absolute Gasteiger partial charge is 0.251 e. The van der Waals surface area contributed by atoms with Crippen molar-refractivity contribution in [3.8, 4) is 5.69 Å². The molecule has 0 aliphatic carbocycles. The number of hydrogen-bond donors (Lipinski definition) is 1. The van der Waals surface area contributed by atoms with E-state index in [4.69, 9.17) is 23.2 Å². The molecule has 0 spiro atoms. The van der Waals surface area contributed by atoms with Crippen molar-refractivity contribution >= 4 is 35.0 Å². The van der Waals surface area contributed by atoms with Gasteiger partial charge in [0.05, 0.1) is 15.7 Å². The zero-order chi connectivity index (χ0) is 20.4. The Morgan fingerprint density at radius 3 is 2.69 bits per heavy atom. The van der Waals surface area contributed by atoms with E-state index in [1.54, 1.807) is 30.5 Å². The molecule has 1 saturated heterocycles. The van der Waals surface area contributed by atoms with Gasteiger partial charge in [0.2, 0.25) is 5.95 Å². The minimum atomic E-state index is -2.61. The second-order valence-electron chi connectivity index (χ2n) is 6.67. The average molecular weight is 440 g/mol. The maximum atomic E-state index is 13.5. The number of nitrogens with zero attached hydrogens (tertiary/aromatic N) is 6. The van der Waals surface area contributed by atoms with E-state index in [-0.39, 0.29) is 25.9 Å². The SMILES string of the molecule is FC1(F)CCN(c2ncccc2CNc2nnnn2-c2cccc(Cl)c2Cl)CC1. The Bertz CT molecular complexity index is 1000. The van der Waals surface area contributed by atoms with Crippen LogP contribution >= 0.6 is 23.2 Å². The highest BCUT2D eigenvalue weighted by atomic mass is 35.5. The molecule has 0 radical (unpaired) electrons. The highest BCUT2D eigenvalue weighted by Crippen LogP contribution is 2.32. The zero-order valence-corrected chi connectivity index (χ0v) is 16.7. The lowest BCUT2D eigenvalue weighted by molar-refractivity contribution is -0.0221. The second kappa shape index (κ2) is 8.08. The summed E-state index contributed by atoms with van der Waals surface area (Å²) in [7, 11) is 0. The van der Waals surface area contributed by atoms with Gasteiger partial charge in [-0.05, 0) is 28.6 Å². The Kier molecular flexibility index (Phi) is 5.51. The number of halogens is 4. The van der Waals surface area contributed by atoms with Crippen LogP contribution in [-0.4, -0.2) is 44.2 Å². The van der Waals surface area contributed by atoms with Crippen LogP contribution in [0.1, 0.15) is 18.4 Å². The van der Waals surface area contributed by atoms with E-state index in [2.05, 4.69) is 25.8 Å². The molecule has 3 heterocycles. The Morgan fingerprint density at radius 2 is 1.90 bits per heavy atom. The van der Waals surface area contributed by atoms with Gasteiger partial charge in [0.15, 0.2) is 0 Å². The Labute approximate surface area is 175 Å². The summed E-state index contributed by atoms with van der Waals surface area (Å²) in [5.41, 5.74) is 1.39. The summed E-state index contributed by atoms with van der Waals surface area (Å²) in [5, 5.41) is 15.5. The molecule has 29 heavy (non-hydrogen) atoms. The molecular weight excluding hydrogens is 423 g/mol. The minimum Gasteiger partial charge on any atom is -0.356 e. The van der Waals surface area contributed by atoms with Crippen LogP contribution < -0.4 is 10.2 Å². The molecule has 0 saturated carbocycles. The van der Waals surface area contributed by atoms with Crippen LogP contribution in [0.3, 0.4) is 0 Å². The maximum Gasteiger partial charge on any atom is 0.251 e. The van der Waals surface area contributed by atoms with Gasteiger partial charge in [-0.2, -0.15) is 4.68 Å². The van der Waals surface area contributed by atoms with E-state index in [0.717, 1.165) is 5.56 Å². The predicted octanol–water partition coefficient (Wildman–Crippen LogP) is 4.21. The van der Waals surface area contributed by atoms with Crippen molar-refractivity contribution in [1.29, 1.82) is 0 Å². The predicted molar refractivity (Wildman–Crippen MR) is 107 cm³/mol. The first-order valence-electron chi connectivity index (χ1n) is 8.98. The van der Waals surface area contributed by atoms with Crippen LogP contribution in [0.2, 0.25) is 10.0 Å². The molecule has 7 nitrogen and oxygen atoms in total. The number of piperidine rings is 1. The van der Waals surface area contributed by atoms with Crippen molar-refractivity contribution in [3.05, 3.63) is 52.1 Å². The molecule has 4 rings (SSSR count). The molecule has 0 amide bonds. The van der Waals surface area contributed by atoms with E-state index in [1.807, 2.05) is 11.0 Å². The van der Waals surface area contributed by atoms with Crippen LogP contribution in [0.4, 0.5) is 20.5 Å². The van der Waals surface area contributed by atoms with Crippen molar-refractivity contribution < 1.29 is 8.78 Å². The summed E-state index contributed by atoms with van der Waals surface area (Å²) in [5.74, 6) is -1.56. The highest BCUT2D eigenvalue weighted by molar-refractivity contribution is 6.43. The number of anilines is 2. The van der Waals surface area contributed by atoms with Gasteiger partial charge in [-0.25, -0.2) is 13.8 Å². The van der Waals surface area contributed by atoms with Gasteiger partial charge in [0, 0.05) is 44.2 Å². The topological polar surface area (TPSA) is 71.8 Å². The molecule has 152 valence electrons. The van der Waals surface area contributed by atoms with Crippen LogP contribution in [0.15, 0.2) is 36.5 Å². The van der Waals surface area contributed by atoms with Crippen molar-refractivity contribution in [2.75, 3.05) is 23.3 Å². The number of alkyl halides is 2. The van der Waals surface area contributed by atoms with Gasteiger partial charge >= 0.3 is 0 Å². The summed E-state index contributed by atoms with van der Waals surface area (Å²) in [6, 6.07) is 8.87. The van der Waals surface area contributed by atoms with Crippen LogP contribution in [0, 0.1) is 0 Å². The molecular formula is C18H17Cl2F2N7. The minimum absolute atomic E-state index is 0.179. The third-order valence-electron chi connectivity index (χ3n) is 4.73. The van der Waals surface area contributed by atoms with Gasteiger partial charge < -0.3 is 10.2 Å². The number of nitrogens with one attached hydrogen (secondary N) is 1. The number of aromatic nitrogens is 5. The molecule has 0 unspecified atom stereocenters. The van der Waals surface area contributed by atoms with Crippen molar-refractivity contribution in [2.45, 2.75) is 25.3 Å². The Balaban J connectivity index is 1.53. The monoisotopic (exact) mass is 439 g/mol. The fourth-order valence-electron chi connectivity index (χ4n) is 3.19. The van der Waals surface area contributed by atoms with Gasteiger partial charge in [-0.15, -0.1) is 0 Å². The summed E-state index contributed by atoms with van der Waals surface area (Å²) in [6.07, 6.45) is 1.30. The third-order valence-corrected chi connectivity index (χ3v) is 5.54. The van der Waals surface area contributed by atoms with E-state index in [0.29, 0.717) is 34.0 Å². The standard InChI is InChI=1S/C18H17Cl2F2N7/c19-13-4-1-5-14(15(13)20)29-17(25-26-27-29)24-11-12-3-2-8-23-16(12)28-9-6-18(21,22)7-10-28/h1-5,8H,6-7,9-11H2,(H,24,25,27). The summed E-state index contributed by atoms with van der Waals surface area (Å²) in [6.45, 7) is 0.869. The normalized spacial score (nSPS) is 16.1. The summed E-state index contributed by atoms with van der Waals surface area (Å²) in [4.78, 5) is 6.28. The second-order valence-corrected chi connectivity index (χ2v) is 7.46. The maximum absolute atomic E-state index is 13.5. The zero-order valence-electron chi connectivity index (χ0n) is 15.2. The summed E-state index contributed by atoms with van der Waals surface area (Å²) < 4.78 is 28.4. The molecule has 1 aliphatic rings. The van der Waals surface area contributed by atoms with E-state index in [9.17, 15) is 8.78 Å². The lowest BCUT2D eigenvalue weighted by Crippen LogP contribution is -2.40. The number of hydrogen-bond acceptors (Lipinski definition) is 6. The quantitative estimate of drug-likeness (QED) is 0.641. The van der Waals surface area contributed by atoms with Crippen molar-refractivity contribution in [1.82, 2.24) is 25.2 Å². The number of benzene rings is 1. The van der Waals surface area contributed by atoms with E-state index >= 15 is 0 Å². The van der Waals surface area contributed by atoms with Crippen molar-refractivity contribution in [3.63, 3.8) is 0 Å². The van der Waals surface area contributed by atoms with Crippen LogP contribution in [0.5, 0.6) is 0 Å². The number of rotatable bonds is 5. The molecule has 0 bridgehead atoms. The largest absolute Gasteiger partial charge is 0.356 e. The van der Waals surface area contributed by atoms with Gasteiger partial charge in [0.25, 0.3) is 5.92 Å². The summed E-state index contributed by atoms with van der Waals surface area (Å²) >= 11 is 12.4. The van der Waals surface area contributed by atoms with Crippen LogP contribution in [-0.2, 0) is 6.54 Å². The first kappa shape index (κ1) is 19.8. The van der Waals surface area contributed by atoms with Gasteiger partial charge in [0.1, 0.15) is 5.82 Å². The first-order chi connectivity index (χ1) is 13.9. The van der Waals surface area contributed by atoms with E-state index in [1.165, 1.54) is 4.68 Å². The molecule has 1 fully saturated rings. The lowest BCUT2D eigenvalue weighted by Gasteiger charge is -2.33. The average Bonchev–Trinajstić information content (AvgIpc) is 3.17. The Morgan fingerprint density at radius 1 is 1.10 bits per heavy atom. The highest BCUT2D eigenvalue weighted by Gasteiger charge is 2.34. The van der Waals surface area contributed by atoms with Crippen molar-refractivity contribution in [2.24, 2.45) is 0 Å². The molecule has 1 N–H and O–H groups in total. The van der Waals surface area contributed by atoms with Gasteiger partial charge in [-0.1, -0.05) is 40.4 Å². The van der Waals surface area contributed by atoms with Crippen LogP contribution in [0.25, 0.3) is 5.69 Å². The Hall–Kier alpha value is -2.52. The molecule has 2 aromatic heterocycles. The fraction of sp³-hybridized carbons (Fsp3) is 0.333. The molecule has 1 aliphatic heterocycles. The first-order valence-corrected chi connectivity index (χ1v) is 9.73. The number of pyridine rings is 1. The lowest BCUT2D eigenvalue weighted by atomic mass is 10.1.